The number of nitrogens with zero attached hydrogens (tertiary/aromatic N) is 3. The molecule has 158 valence electrons. The third-order valence-corrected chi connectivity index (χ3v) is 5.82. The average Bonchev–Trinajstić information content (AvgIpc) is 3.02. The molecular weight excluding hydrogens is 386 g/mol. The Hall–Kier alpha value is -3.47. The molecule has 0 bridgehead atoms. The van der Waals surface area contributed by atoms with E-state index in [2.05, 4.69) is 24.9 Å². The lowest BCUT2D eigenvalue weighted by Crippen LogP contribution is -2.30. The summed E-state index contributed by atoms with van der Waals surface area (Å²) in [6.45, 7) is 6.68. The van der Waals surface area contributed by atoms with Gasteiger partial charge in [0.2, 0.25) is 0 Å². The molecular formula is C26H27N3O2. The van der Waals surface area contributed by atoms with Gasteiger partial charge in [0.25, 0.3) is 11.5 Å². The van der Waals surface area contributed by atoms with Crippen LogP contribution in [-0.4, -0.2) is 17.5 Å². The van der Waals surface area contributed by atoms with Gasteiger partial charge in [-0.25, -0.2) is 0 Å². The predicted molar refractivity (Wildman–Crippen MR) is 126 cm³/mol. The Morgan fingerprint density at radius 2 is 1.97 bits per heavy atom. The van der Waals surface area contributed by atoms with Crippen molar-refractivity contribution in [2.75, 3.05) is 11.9 Å². The Bertz CT molecular complexity index is 1380. The lowest BCUT2D eigenvalue weighted by molar-refractivity contribution is 0.0993. The number of hydrogen-bond donors (Lipinski definition) is 0. The molecule has 0 atom stereocenters. The van der Waals surface area contributed by atoms with Crippen molar-refractivity contribution in [2.45, 2.75) is 39.7 Å². The minimum atomic E-state index is -0.0884. The molecule has 1 aromatic heterocycles. The van der Waals surface area contributed by atoms with E-state index < -0.39 is 0 Å². The lowest BCUT2D eigenvalue weighted by atomic mass is 9.97. The molecule has 1 aliphatic heterocycles. The fourth-order valence-electron chi connectivity index (χ4n) is 4.08. The number of pyridine rings is 1. The summed E-state index contributed by atoms with van der Waals surface area (Å²) in [5.74, 6) is 0.0942. The standard InChI is InChI=1S/C26H27N3O2/c1-5-29-24-12-9-19(15-22(24)21(17(2)3)16-25(29)30)26(31)28(4)20-10-11-23-18(14-20)8-6-7-13-27-23/h7-17H,5-6H2,1-4H3. The van der Waals surface area contributed by atoms with Crippen LogP contribution in [0.2, 0.25) is 0 Å². The summed E-state index contributed by atoms with van der Waals surface area (Å²) < 4.78 is 1.75. The number of carbonyl (C=O) groups is 1. The number of rotatable bonds is 4. The van der Waals surface area contributed by atoms with E-state index in [0.717, 1.165) is 39.2 Å². The van der Waals surface area contributed by atoms with Crippen molar-refractivity contribution in [3.8, 4) is 0 Å². The average molecular weight is 414 g/mol. The summed E-state index contributed by atoms with van der Waals surface area (Å²) in [4.78, 5) is 32.0. The molecule has 5 heteroatoms. The second kappa shape index (κ2) is 8.34. The highest BCUT2D eigenvalue weighted by Crippen LogP contribution is 2.26. The number of hydrogen-bond acceptors (Lipinski definition) is 3. The molecule has 0 fully saturated rings. The maximum absolute atomic E-state index is 13.3. The Morgan fingerprint density at radius 1 is 1.16 bits per heavy atom. The molecule has 0 spiro atoms. The molecule has 0 unspecified atom stereocenters. The van der Waals surface area contributed by atoms with Gasteiger partial charge in [0, 0.05) is 42.5 Å². The molecule has 0 saturated carbocycles. The maximum atomic E-state index is 13.3. The number of amides is 1. The summed E-state index contributed by atoms with van der Waals surface area (Å²) in [7, 11) is 1.79. The van der Waals surface area contributed by atoms with Crippen LogP contribution >= 0.6 is 0 Å². The van der Waals surface area contributed by atoms with Crippen LogP contribution in [0, 0.1) is 0 Å². The number of fused-ring (bicyclic) bond motifs is 2. The monoisotopic (exact) mass is 413 g/mol. The quantitative estimate of drug-likeness (QED) is 0.654. The minimum absolute atomic E-state index is 0.00368. The second-order valence-corrected chi connectivity index (χ2v) is 8.13. The van der Waals surface area contributed by atoms with E-state index in [-0.39, 0.29) is 17.4 Å². The van der Waals surface area contributed by atoms with Crippen LogP contribution in [0.1, 0.15) is 49.0 Å². The van der Waals surface area contributed by atoms with E-state index in [1.807, 2.05) is 55.6 Å². The fraction of sp³-hybridized carbons (Fsp3) is 0.269. The Labute approximate surface area is 181 Å². The summed E-state index contributed by atoms with van der Waals surface area (Å²) in [5.41, 5.74) is 3.25. The van der Waals surface area contributed by atoms with E-state index in [0.29, 0.717) is 12.1 Å². The first-order valence-corrected chi connectivity index (χ1v) is 10.7. The fourth-order valence-corrected chi connectivity index (χ4v) is 4.08. The van der Waals surface area contributed by atoms with E-state index in [4.69, 9.17) is 0 Å². The number of carbonyl (C=O) groups excluding carboxylic acids is 1. The highest BCUT2D eigenvalue weighted by Gasteiger charge is 2.17. The molecule has 0 aliphatic carbocycles. The van der Waals surface area contributed by atoms with Crippen molar-refractivity contribution < 1.29 is 4.79 Å². The second-order valence-electron chi connectivity index (χ2n) is 8.13. The van der Waals surface area contributed by atoms with E-state index in [1.54, 1.807) is 22.6 Å². The highest BCUT2D eigenvalue weighted by atomic mass is 16.2. The first-order chi connectivity index (χ1) is 14.9. The van der Waals surface area contributed by atoms with Crippen LogP contribution in [-0.2, 0) is 6.54 Å². The number of allylic oxidation sites excluding steroid dienone is 1. The van der Waals surface area contributed by atoms with Crippen LogP contribution in [0.5, 0.6) is 0 Å². The molecule has 1 aliphatic rings. The Balaban J connectivity index is 1.78. The summed E-state index contributed by atoms with van der Waals surface area (Å²) in [6.07, 6.45) is 6.75. The van der Waals surface area contributed by atoms with Gasteiger partial charge in [-0.3, -0.25) is 14.6 Å². The summed E-state index contributed by atoms with van der Waals surface area (Å²) in [5, 5.41) is 2.88. The summed E-state index contributed by atoms with van der Waals surface area (Å²) in [6, 6.07) is 13.2. The lowest BCUT2D eigenvalue weighted by Gasteiger charge is -2.19. The van der Waals surface area contributed by atoms with Crippen molar-refractivity contribution in [3.05, 3.63) is 86.8 Å². The maximum Gasteiger partial charge on any atom is 0.258 e. The van der Waals surface area contributed by atoms with Crippen molar-refractivity contribution in [1.82, 2.24) is 4.57 Å². The third kappa shape index (κ3) is 3.83. The highest BCUT2D eigenvalue weighted by molar-refractivity contribution is 6.07. The van der Waals surface area contributed by atoms with Gasteiger partial charge in [-0.2, -0.15) is 0 Å². The molecule has 1 amide bonds. The smallest absolute Gasteiger partial charge is 0.258 e. The summed E-state index contributed by atoms with van der Waals surface area (Å²) >= 11 is 0. The molecule has 2 aromatic carbocycles. The SMILES string of the molecule is CCn1c(=O)cc(C(C)C)c2cc(C(=O)N(C)c3ccc4c(c3)=CCC=CN=4)ccc21. The zero-order valence-corrected chi connectivity index (χ0v) is 18.4. The Kier molecular flexibility index (Phi) is 5.59. The van der Waals surface area contributed by atoms with Gasteiger partial charge < -0.3 is 9.47 Å². The predicted octanol–water partition coefficient (Wildman–Crippen LogP) is 3.74. The molecule has 31 heavy (non-hydrogen) atoms. The minimum Gasteiger partial charge on any atom is -0.311 e. The third-order valence-electron chi connectivity index (χ3n) is 5.82. The number of anilines is 1. The van der Waals surface area contributed by atoms with Gasteiger partial charge in [0.15, 0.2) is 0 Å². The normalized spacial score (nSPS) is 12.8. The van der Waals surface area contributed by atoms with Crippen LogP contribution < -0.4 is 21.0 Å². The number of benzene rings is 2. The van der Waals surface area contributed by atoms with E-state index in [1.165, 1.54) is 0 Å². The van der Waals surface area contributed by atoms with E-state index in [9.17, 15) is 9.59 Å². The van der Waals surface area contributed by atoms with Gasteiger partial charge >= 0.3 is 0 Å². The zero-order valence-electron chi connectivity index (χ0n) is 18.4. The van der Waals surface area contributed by atoms with Gasteiger partial charge in [-0.15, -0.1) is 0 Å². The van der Waals surface area contributed by atoms with Crippen molar-refractivity contribution in [2.24, 2.45) is 4.99 Å². The van der Waals surface area contributed by atoms with Crippen LogP contribution in [0.4, 0.5) is 5.69 Å². The molecule has 0 N–H and O–H groups in total. The van der Waals surface area contributed by atoms with Crippen LogP contribution in [0.3, 0.4) is 0 Å². The van der Waals surface area contributed by atoms with Gasteiger partial charge in [0.1, 0.15) is 0 Å². The molecule has 5 nitrogen and oxygen atoms in total. The van der Waals surface area contributed by atoms with Crippen molar-refractivity contribution in [3.63, 3.8) is 0 Å². The van der Waals surface area contributed by atoms with E-state index >= 15 is 0 Å². The topological polar surface area (TPSA) is 54.7 Å². The van der Waals surface area contributed by atoms with Crippen molar-refractivity contribution >= 4 is 28.6 Å². The van der Waals surface area contributed by atoms with Gasteiger partial charge in [-0.05, 0) is 66.4 Å². The Morgan fingerprint density at radius 3 is 2.71 bits per heavy atom. The van der Waals surface area contributed by atoms with Crippen LogP contribution in [0.15, 0.2) is 64.5 Å². The van der Waals surface area contributed by atoms with Gasteiger partial charge in [-0.1, -0.05) is 26.0 Å². The molecule has 3 aromatic rings. The zero-order chi connectivity index (χ0) is 22.1. The van der Waals surface area contributed by atoms with Crippen molar-refractivity contribution in [1.29, 1.82) is 0 Å². The first kappa shape index (κ1) is 20.8. The molecule has 0 radical (unpaired) electrons. The number of aromatic nitrogens is 1. The number of aryl methyl sites for hydroxylation is 1. The molecule has 2 heterocycles. The van der Waals surface area contributed by atoms with Gasteiger partial charge in [0.05, 0.1) is 10.9 Å². The molecule has 0 saturated heterocycles. The first-order valence-electron chi connectivity index (χ1n) is 10.7. The largest absolute Gasteiger partial charge is 0.311 e. The molecule has 4 rings (SSSR count). The van der Waals surface area contributed by atoms with Crippen LogP contribution in [0.25, 0.3) is 17.0 Å².